The first-order valence-electron chi connectivity index (χ1n) is 9.84. The van der Waals surface area contributed by atoms with E-state index in [0.29, 0.717) is 17.8 Å². The van der Waals surface area contributed by atoms with E-state index >= 15 is 0 Å². The van der Waals surface area contributed by atoms with Crippen LogP contribution in [0, 0.1) is 11.3 Å². The Balaban J connectivity index is 3.36. The SMILES string of the molecule is CC(C)c1cc(C(C)C)c(SC(=O)[C@H](C)[C@H](O)C(C)(C)C)c(C(C)C)c1. The highest BCUT2D eigenvalue weighted by atomic mass is 32.2. The van der Waals surface area contributed by atoms with Crippen LogP contribution in [0.1, 0.15) is 104 Å². The number of carbonyl (C=O) groups excluding carboxylic acids is 1. The lowest BCUT2D eigenvalue weighted by molar-refractivity contribution is -0.119. The van der Waals surface area contributed by atoms with Gasteiger partial charge in [-0.3, -0.25) is 4.79 Å². The lowest BCUT2D eigenvalue weighted by Crippen LogP contribution is -2.35. The Kier molecular flexibility index (Phi) is 7.98. The molecule has 3 heteroatoms. The molecule has 1 aromatic carbocycles. The maximum absolute atomic E-state index is 13.0. The summed E-state index contributed by atoms with van der Waals surface area (Å²) in [5.41, 5.74) is 3.52. The van der Waals surface area contributed by atoms with Gasteiger partial charge in [0, 0.05) is 4.90 Å². The van der Waals surface area contributed by atoms with Crippen LogP contribution in [0.15, 0.2) is 17.0 Å². The summed E-state index contributed by atoms with van der Waals surface area (Å²) in [5.74, 6) is 0.764. The van der Waals surface area contributed by atoms with Gasteiger partial charge in [0.1, 0.15) is 0 Å². The molecule has 1 N–H and O–H groups in total. The van der Waals surface area contributed by atoms with Crippen LogP contribution in [0.4, 0.5) is 0 Å². The van der Waals surface area contributed by atoms with Crippen LogP contribution >= 0.6 is 11.8 Å². The summed E-state index contributed by atoms with van der Waals surface area (Å²) >= 11 is 1.33. The molecule has 0 aliphatic heterocycles. The third-order valence-electron chi connectivity index (χ3n) is 5.01. The zero-order valence-electron chi connectivity index (χ0n) is 18.3. The normalized spacial score (nSPS) is 15.0. The van der Waals surface area contributed by atoms with Gasteiger partial charge in [-0.15, -0.1) is 0 Å². The molecule has 1 aromatic rings. The van der Waals surface area contributed by atoms with Crippen LogP contribution in [-0.2, 0) is 4.79 Å². The largest absolute Gasteiger partial charge is 0.392 e. The molecule has 148 valence electrons. The molecular formula is C23H38O2S. The monoisotopic (exact) mass is 378 g/mol. The third-order valence-corrected chi connectivity index (χ3v) is 6.26. The predicted octanol–water partition coefficient (Wildman–Crippen LogP) is 6.72. The molecule has 0 radical (unpaired) electrons. The van der Waals surface area contributed by atoms with Crippen molar-refractivity contribution in [2.75, 3.05) is 0 Å². The molecule has 2 atom stereocenters. The molecule has 0 saturated heterocycles. The molecule has 0 amide bonds. The van der Waals surface area contributed by atoms with Gasteiger partial charge in [0.05, 0.1) is 12.0 Å². The maximum atomic E-state index is 13.0. The van der Waals surface area contributed by atoms with Gasteiger partial charge < -0.3 is 5.11 Å². The van der Waals surface area contributed by atoms with Gasteiger partial charge in [-0.05, 0) is 39.9 Å². The summed E-state index contributed by atoms with van der Waals surface area (Å²) in [6, 6.07) is 4.53. The van der Waals surface area contributed by atoms with E-state index in [0.717, 1.165) is 4.90 Å². The second kappa shape index (κ2) is 8.93. The van der Waals surface area contributed by atoms with Gasteiger partial charge in [0.25, 0.3) is 0 Å². The summed E-state index contributed by atoms with van der Waals surface area (Å²) in [6.45, 7) is 20.9. The molecule has 1 rings (SSSR count). The van der Waals surface area contributed by atoms with Crippen molar-refractivity contribution >= 4 is 16.9 Å². The first kappa shape index (κ1) is 23.2. The fraction of sp³-hybridized carbons (Fsp3) is 0.696. The van der Waals surface area contributed by atoms with Gasteiger partial charge in [-0.1, -0.05) is 93.1 Å². The molecular weight excluding hydrogens is 340 g/mol. The molecule has 26 heavy (non-hydrogen) atoms. The molecule has 0 bridgehead atoms. The van der Waals surface area contributed by atoms with Crippen molar-refractivity contribution in [3.05, 3.63) is 28.8 Å². The van der Waals surface area contributed by atoms with Crippen molar-refractivity contribution < 1.29 is 9.90 Å². The van der Waals surface area contributed by atoms with Crippen LogP contribution in [0.2, 0.25) is 0 Å². The zero-order chi connectivity index (χ0) is 20.4. The summed E-state index contributed by atoms with van der Waals surface area (Å²) in [5, 5.41) is 10.6. The Labute approximate surface area is 165 Å². The standard InChI is InChI=1S/C23H38O2S/c1-13(2)17-11-18(14(3)4)20(19(12-17)15(5)6)26-22(25)16(7)21(24)23(8,9)10/h11-16,21,24H,1-10H3/t16-,21+/m1/s1. The summed E-state index contributed by atoms with van der Waals surface area (Å²) in [7, 11) is 0. The van der Waals surface area contributed by atoms with Crippen LogP contribution < -0.4 is 0 Å². The summed E-state index contributed by atoms with van der Waals surface area (Å²) in [4.78, 5) is 14.1. The Morgan fingerprint density at radius 2 is 1.31 bits per heavy atom. The first-order valence-corrected chi connectivity index (χ1v) is 10.7. The lowest BCUT2D eigenvalue weighted by Gasteiger charge is -2.30. The Bertz CT molecular complexity index is 595. The van der Waals surface area contributed by atoms with E-state index in [1.165, 1.54) is 28.5 Å². The zero-order valence-corrected chi connectivity index (χ0v) is 19.1. The quantitative estimate of drug-likeness (QED) is 0.558. The molecule has 0 heterocycles. The predicted molar refractivity (Wildman–Crippen MR) is 114 cm³/mol. The van der Waals surface area contributed by atoms with Crippen molar-refractivity contribution in [2.45, 2.75) is 98.0 Å². The third kappa shape index (κ3) is 5.60. The van der Waals surface area contributed by atoms with Gasteiger partial charge in [0.15, 0.2) is 5.12 Å². The number of rotatable bonds is 6. The minimum absolute atomic E-state index is 0.0496. The van der Waals surface area contributed by atoms with Gasteiger partial charge in [-0.2, -0.15) is 0 Å². The molecule has 0 aromatic heterocycles. The van der Waals surface area contributed by atoms with E-state index in [1.807, 2.05) is 27.7 Å². The van der Waals surface area contributed by atoms with E-state index < -0.39 is 12.0 Å². The minimum atomic E-state index is -0.651. The van der Waals surface area contributed by atoms with E-state index in [9.17, 15) is 9.90 Å². The van der Waals surface area contributed by atoms with E-state index in [2.05, 4.69) is 53.7 Å². The highest BCUT2D eigenvalue weighted by molar-refractivity contribution is 8.13. The topological polar surface area (TPSA) is 37.3 Å². The Hall–Kier alpha value is -0.800. The molecule has 2 nitrogen and oxygen atoms in total. The second-order valence-corrected chi connectivity index (χ2v) is 10.5. The van der Waals surface area contributed by atoms with Crippen LogP contribution in [0.5, 0.6) is 0 Å². The highest BCUT2D eigenvalue weighted by Gasteiger charge is 2.33. The number of carbonyl (C=O) groups is 1. The molecule has 0 aliphatic carbocycles. The van der Waals surface area contributed by atoms with Crippen molar-refractivity contribution in [3.63, 3.8) is 0 Å². The summed E-state index contributed by atoms with van der Waals surface area (Å²) in [6.07, 6.45) is -0.651. The average molecular weight is 379 g/mol. The van der Waals surface area contributed by atoms with Gasteiger partial charge >= 0.3 is 0 Å². The molecule has 0 spiro atoms. The van der Waals surface area contributed by atoms with E-state index in [-0.39, 0.29) is 10.5 Å². The van der Waals surface area contributed by atoms with Crippen LogP contribution in [0.3, 0.4) is 0 Å². The average Bonchev–Trinajstić information content (AvgIpc) is 2.51. The molecule has 0 fully saturated rings. The highest BCUT2D eigenvalue weighted by Crippen LogP contribution is 2.40. The fourth-order valence-electron chi connectivity index (χ4n) is 3.08. The molecule has 0 unspecified atom stereocenters. The van der Waals surface area contributed by atoms with Gasteiger partial charge in [-0.25, -0.2) is 0 Å². The van der Waals surface area contributed by atoms with Crippen LogP contribution in [-0.4, -0.2) is 16.3 Å². The Morgan fingerprint density at radius 3 is 1.62 bits per heavy atom. The molecule has 0 aliphatic rings. The first-order chi connectivity index (χ1) is 11.8. The number of hydrogen-bond acceptors (Lipinski definition) is 3. The lowest BCUT2D eigenvalue weighted by atomic mass is 9.82. The number of thioether (sulfide) groups is 1. The number of hydrogen-bond donors (Lipinski definition) is 1. The van der Waals surface area contributed by atoms with E-state index in [4.69, 9.17) is 0 Å². The number of benzene rings is 1. The van der Waals surface area contributed by atoms with Gasteiger partial charge in [0.2, 0.25) is 0 Å². The molecule has 0 saturated carbocycles. The number of aliphatic hydroxyl groups is 1. The number of aliphatic hydroxyl groups excluding tert-OH is 1. The van der Waals surface area contributed by atoms with Crippen LogP contribution in [0.25, 0.3) is 0 Å². The second-order valence-electron chi connectivity index (χ2n) is 9.51. The van der Waals surface area contributed by atoms with Crippen molar-refractivity contribution in [2.24, 2.45) is 11.3 Å². The smallest absolute Gasteiger partial charge is 0.199 e. The maximum Gasteiger partial charge on any atom is 0.199 e. The van der Waals surface area contributed by atoms with Crippen molar-refractivity contribution in [1.82, 2.24) is 0 Å². The van der Waals surface area contributed by atoms with Crippen molar-refractivity contribution in [3.8, 4) is 0 Å². The fourth-order valence-corrected chi connectivity index (χ4v) is 4.42. The Morgan fingerprint density at radius 1 is 0.885 bits per heavy atom. The van der Waals surface area contributed by atoms with E-state index in [1.54, 1.807) is 0 Å². The van der Waals surface area contributed by atoms with Crippen molar-refractivity contribution in [1.29, 1.82) is 0 Å². The summed E-state index contributed by atoms with van der Waals surface area (Å²) < 4.78 is 0. The minimum Gasteiger partial charge on any atom is -0.392 e.